The predicted molar refractivity (Wildman–Crippen MR) is 58.5 cm³/mol. The molecule has 0 saturated heterocycles. The fourth-order valence-electron chi connectivity index (χ4n) is 1.19. The van der Waals surface area contributed by atoms with E-state index >= 15 is 0 Å². The molecule has 0 aliphatic heterocycles. The highest BCUT2D eigenvalue weighted by atomic mass is 32.3. The first kappa shape index (κ1) is 24.1. The molecule has 0 aromatic carbocycles. The molecule has 0 atom stereocenters. The highest BCUT2D eigenvalue weighted by Crippen LogP contribution is 2.48. The summed E-state index contributed by atoms with van der Waals surface area (Å²) in [6.07, 6.45) is -15.2. The smallest absolute Gasteiger partial charge is 0.227 e. The van der Waals surface area contributed by atoms with Gasteiger partial charge in [-0.05, 0) is 0 Å². The van der Waals surface area contributed by atoms with Crippen molar-refractivity contribution in [2.75, 3.05) is 6.26 Å². The van der Waals surface area contributed by atoms with Gasteiger partial charge in [-0.1, -0.05) is 0 Å². The Morgan fingerprint density at radius 3 is 0.880 bits per heavy atom. The second kappa shape index (κ2) is 5.83. The van der Waals surface area contributed by atoms with E-state index in [1.54, 1.807) is 0 Å². The fraction of sp³-hybridized carbons (Fsp3) is 1.00. The highest BCUT2D eigenvalue weighted by molar-refractivity contribution is 8.24. The molecule has 0 aliphatic carbocycles. The Balaban J connectivity index is 7.09. The van der Waals surface area contributed by atoms with E-state index in [1.807, 2.05) is 0 Å². The first-order valence-corrected chi connectivity index (χ1v) is 9.96. The maximum Gasteiger partial charge on any atom is 0.469 e. The van der Waals surface area contributed by atoms with Crippen LogP contribution in [0.4, 0.5) is 43.9 Å². The van der Waals surface area contributed by atoms with Crippen molar-refractivity contribution in [1.29, 1.82) is 0 Å². The first-order chi connectivity index (χ1) is 10.4. The van der Waals surface area contributed by atoms with Crippen molar-refractivity contribution in [2.24, 2.45) is 0 Å². The molecule has 0 aromatic heterocycles. The van der Waals surface area contributed by atoms with Crippen molar-refractivity contribution in [2.45, 2.75) is 26.8 Å². The second-order valence-corrected chi connectivity index (χ2v) is 11.4. The van der Waals surface area contributed by atoms with E-state index in [-0.39, 0.29) is 0 Å². The van der Waals surface area contributed by atoms with Gasteiger partial charge in [0.1, 0.15) is 0 Å². The third-order valence-corrected chi connectivity index (χ3v) is 11.0. The van der Waals surface area contributed by atoms with Gasteiger partial charge >= 0.3 is 22.9 Å². The lowest BCUT2D eigenvalue weighted by atomic mass is 10.7. The molecule has 0 fully saturated rings. The monoisotopic (exact) mass is 458 g/mol. The van der Waals surface area contributed by atoms with Crippen molar-refractivity contribution in [3.8, 4) is 0 Å². The lowest BCUT2D eigenvalue weighted by molar-refractivity contribution is -0.242. The summed E-state index contributed by atoms with van der Waals surface area (Å²) in [5.41, 5.74) is 0. The average Bonchev–Trinajstić information content (AvgIpc) is 2.21. The second-order valence-electron chi connectivity index (χ2n) is 4.24. The maximum atomic E-state index is 12.9. The zero-order valence-corrected chi connectivity index (χ0v) is 13.5. The Hall–Kier alpha value is -0.850. The van der Waals surface area contributed by atoms with Crippen LogP contribution in [0, 0.1) is 0 Å². The van der Waals surface area contributed by atoms with Gasteiger partial charge < -0.3 is 0 Å². The summed E-state index contributed by atoms with van der Waals surface area (Å²) in [7, 11) is -22.5. The van der Waals surface area contributed by atoms with E-state index < -0.39 is 62.5 Å². The molecule has 0 heterocycles. The van der Waals surface area contributed by atoms with E-state index in [9.17, 15) is 69.2 Å². The molecular weight excluding hydrogens is 454 g/mol. The van der Waals surface area contributed by atoms with Gasteiger partial charge in [0.05, 0.1) is 0 Å². The molecule has 0 saturated carbocycles. The van der Waals surface area contributed by atoms with E-state index in [0.717, 1.165) is 0 Å². The first-order valence-electron chi connectivity index (χ1n) is 4.91. The van der Waals surface area contributed by atoms with Crippen molar-refractivity contribution in [1.82, 2.24) is 0 Å². The van der Waals surface area contributed by atoms with Gasteiger partial charge in [0.25, 0.3) is 23.6 Å². The average molecular weight is 458 g/mol. The number of hydrogen-bond acceptors (Lipinski definition) is 6. The quantitative estimate of drug-likeness (QED) is 0.578. The summed E-state index contributed by atoms with van der Waals surface area (Å²) >= 11 is 0. The molecule has 0 aliphatic rings. The van der Waals surface area contributed by atoms with Crippen LogP contribution in [0.25, 0.3) is 0 Å². The topological polar surface area (TPSA) is 102 Å². The van der Waals surface area contributed by atoms with Crippen molar-refractivity contribution < 1.29 is 69.2 Å². The molecule has 6 nitrogen and oxygen atoms in total. The third-order valence-electron chi connectivity index (χ3n) is 2.23. The van der Waals surface area contributed by atoms with E-state index in [4.69, 9.17) is 0 Å². The lowest BCUT2D eigenvalue weighted by Gasteiger charge is -2.27. The van der Waals surface area contributed by atoms with Crippen LogP contribution in [0.15, 0.2) is 0 Å². The van der Waals surface area contributed by atoms with Crippen LogP contribution in [0.5, 0.6) is 0 Å². The van der Waals surface area contributed by atoms with Gasteiger partial charge in [-0.3, -0.25) is 0 Å². The Bertz CT molecular complexity index is 775. The minimum absolute atomic E-state index is 0.730. The van der Waals surface area contributed by atoms with Gasteiger partial charge in [-0.2, -0.15) is 43.9 Å². The zero-order chi connectivity index (χ0) is 21.1. The largest absolute Gasteiger partial charge is 0.469 e. The molecule has 0 aromatic rings. The summed E-state index contributed by atoms with van der Waals surface area (Å²) in [4.78, 5) is 0. The van der Waals surface area contributed by atoms with E-state index in [2.05, 4.69) is 0 Å². The van der Waals surface area contributed by atoms with Crippen molar-refractivity contribution >= 4 is 29.5 Å². The van der Waals surface area contributed by atoms with Crippen LogP contribution in [-0.4, -0.2) is 58.3 Å². The maximum absolute atomic E-state index is 12.9. The number of halogens is 10. The molecule has 0 N–H and O–H groups in total. The Labute approximate surface area is 132 Å². The van der Waals surface area contributed by atoms with Crippen LogP contribution < -0.4 is 0 Å². The standard InChI is InChI=1S/C6H4F10O6S3/c1-23(17,18)2(24(19,20)5(13,14)3(7,8)9)25(21,22)6(15,16)4(10,11)12/h2H,1H3. The molecule has 0 rings (SSSR count). The van der Waals surface area contributed by atoms with Gasteiger partial charge in [0.15, 0.2) is 9.84 Å². The highest BCUT2D eigenvalue weighted by Gasteiger charge is 2.78. The van der Waals surface area contributed by atoms with Crippen molar-refractivity contribution in [3.05, 3.63) is 0 Å². The summed E-state index contributed by atoms with van der Waals surface area (Å²) in [5.74, 6) is 0. The molecular formula is C6H4F10O6S3. The van der Waals surface area contributed by atoms with Gasteiger partial charge in [-0.25, -0.2) is 25.3 Å². The van der Waals surface area contributed by atoms with Crippen LogP contribution in [0.1, 0.15) is 0 Å². The predicted octanol–water partition coefficient (Wildman–Crippen LogP) is 1.45. The Morgan fingerprint density at radius 2 is 0.760 bits per heavy atom. The number of sulfone groups is 3. The summed E-state index contributed by atoms with van der Waals surface area (Å²) in [5, 5.41) is -14.6. The number of alkyl halides is 10. The van der Waals surface area contributed by atoms with Gasteiger partial charge in [0, 0.05) is 6.26 Å². The minimum Gasteiger partial charge on any atom is -0.227 e. The minimum atomic E-state index is -8.03. The van der Waals surface area contributed by atoms with Gasteiger partial charge in [0.2, 0.25) is 0 Å². The van der Waals surface area contributed by atoms with Crippen LogP contribution in [-0.2, 0) is 29.5 Å². The van der Waals surface area contributed by atoms with Crippen molar-refractivity contribution in [3.63, 3.8) is 0 Å². The van der Waals surface area contributed by atoms with E-state index in [1.165, 1.54) is 0 Å². The molecule has 0 unspecified atom stereocenters. The van der Waals surface area contributed by atoms with Gasteiger partial charge in [-0.15, -0.1) is 0 Å². The summed E-state index contributed by atoms with van der Waals surface area (Å²) in [6.45, 7) is 0. The zero-order valence-electron chi connectivity index (χ0n) is 11.0. The normalized spacial score (nSPS) is 16.3. The molecule has 0 spiro atoms. The molecule has 152 valence electrons. The Morgan fingerprint density at radius 1 is 0.560 bits per heavy atom. The lowest BCUT2D eigenvalue weighted by Crippen LogP contribution is -2.58. The Kier molecular flexibility index (Phi) is 5.63. The van der Waals surface area contributed by atoms with E-state index in [0.29, 0.717) is 0 Å². The molecule has 25 heavy (non-hydrogen) atoms. The third kappa shape index (κ3) is 3.67. The number of hydrogen-bond donors (Lipinski definition) is 0. The SMILES string of the molecule is CS(=O)(=O)C(S(=O)(=O)C(F)(F)C(F)(F)F)S(=O)(=O)C(F)(F)C(F)(F)F. The molecule has 0 radical (unpaired) electrons. The van der Waals surface area contributed by atoms with Crippen LogP contribution in [0.2, 0.25) is 0 Å². The summed E-state index contributed by atoms with van der Waals surface area (Å²) < 4.78 is 185. The fourth-order valence-corrected chi connectivity index (χ4v) is 8.79. The number of rotatable bonds is 5. The molecule has 0 amide bonds. The van der Waals surface area contributed by atoms with Crippen LogP contribution in [0.3, 0.4) is 0 Å². The molecule has 19 heteroatoms. The molecule has 0 bridgehead atoms. The van der Waals surface area contributed by atoms with Crippen LogP contribution >= 0.6 is 0 Å². The summed E-state index contributed by atoms with van der Waals surface area (Å²) in [6, 6.07) is 0.